The van der Waals surface area contributed by atoms with E-state index in [1.54, 1.807) is 6.20 Å². The van der Waals surface area contributed by atoms with Crippen LogP contribution in [0.2, 0.25) is 0 Å². The highest BCUT2D eigenvalue weighted by Gasteiger charge is 2.31. The van der Waals surface area contributed by atoms with Gasteiger partial charge >= 0.3 is 0 Å². The maximum Gasteiger partial charge on any atom is 0.0767 e. The van der Waals surface area contributed by atoms with Crippen molar-refractivity contribution in [1.82, 2.24) is 15.4 Å². The number of hydrogen-bond acceptors (Lipinski definition) is 3. The molecule has 1 heterocycles. The molecule has 0 radical (unpaired) electrons. The van der Waals surface area contributed by atoms with E-state index in [9.17, 15) is 0 Å². The third kappa shape index (κ3) is 1.35. The zero-order valence-corrected chi connectivity index (χ0v) is 8.38. The second-order valence-electron chi connectivity index (χ2n) is 3.82. The lowest BCUT2D eigenvalue weighted by molar-refractivity contribution is 0.437. The maximum atomic E-state index is 4.08. The Balaban J connectivity index is 2.42. The fourth-order valence-electron chi connectivity index (χ4n) is 1.68. The number of nitrogens with zero attached hydrogens (tertiary/aromatic N) is 3. The Morgan fingerprint density at radius 3 is 2.86 bits per heavy atom. The van der Waals surface area contributed by atoms with Crippen molar-refractivity contribution in [3.63, 3.8) is 0 Å². The Bertz CT molecular complexity index is 369. The molecular formula is C11H13N3. The summed E-state index contributed by atoms with van der Waals surface area (Å²) in [6.45, 7) is 4.35. The van der Waals surface area contributed by atoms with Crippen LogP contribution in [0.4, 0.5) is 0 Å². The largest absolute Gasteiger partial charge is 0.139 e. The van der Waals surface area contributed by atoms with Crippen molar-refractivity contribution in [2.75, 3.05) is 0 Å². The predicted octanol–water partition coefficient (Wildman–Crippen LogP) is 1.89. The van der Waals surface area contributed by atoms with Gasteiger partial charge in [0.2, 0.25) is 0 Å². The van der Waals surface area contributed by atoms with Crippen molar-refractivity contribution in [1.29, 1.82) is 0 Å². The molecule has 2 unspecified atom stereocenters. The number of aromatic nitrogens is 3. The summed E-state index contributed by atoms with van der Waals surface area (Å²) in [5.41, 5.74) is 0.922. The standard InChI is InChI=1S/C11H13N3/c1-9-5-3-4-7-11(9,2)10-6-8-12-14-13-10/h3-9H,1-2H3. The minimum atomic E-state index is -0.0509. The molecule has 1 aromatic rings. The van der Waals surface area contributed by atoms with Crippen molar-refractivity contribution < 1.29 is 0 Å². The van der Waals surface area contributed by atoms with Crippen LogP contribution in [-0.2, 0) is 5.41 Å². The van der Waals surface area contributed by atoms with E-state index in [0.717, 1.165) is 5.69 Å². The van der Waals surface area contributed by atoms with Crippen molar-refractivity contribution in [2.45, 2.75) is 19.3 Å². The topological polar surface area (TPSA) is 38.7 Å². The Kier molecular flexibility index (Phi) is 2.15. The highest BCUT2D eigenvalue weighted by Crippen LogP contribution is 2.34. The van der Waals surface area contributed by atoms with Crippen LogP contribution in [-0.4, -0.2) is 15.4 Å². The zero-order valence-electron chi connectivity index (χ0n) is 8.38. The molecule has 2 rings (SSSR count). The fraction of sp³-hybridized carbons (Fsp3) is 0.364. The van der Waals surface area contributed by atoms with E-state index in [1.807, 2.05) is 6.07 Å². The van der Waals surface area contributed by atoms with Gasteiger partial charge in [0.05, 0.1) is 11.9 Å². The van der Waals surface area contributed by atoms with Gasteiger partial charge in [-0.3, -0.25) is 0 Å². The summed E-state index contributed by atoms with van der Waals surface area (Å²) in [7, 11) is 0. The molecule has 1 aromatic heterocycles. The van der Waals surface area contributed by atoms with Gasteiger partial charge in [0.15, 0.2) is 0 Å². The third-order valence-corrected chi connectivity index (χ3v) is 2.95. The molecule has 1 aliphatic rings. The summed E-state index contributed by atoms with van der Waals surface area (Å²) < 4.78 is 0. The summed E-state index contributed by atoms with van der Waals surface area (Å²) in [5, 5.41) is 11.5. The second-order valence-corrected chi connectivity index (χ2v) is 3.82. The first-order valence-corrected chi connectivity index (χ1v) is 4.74. The molecule has 0 aliphatic heterocycles. The SMILES string of the molecule is CC1C=CC=CC1(C)c1ccnnn1. The van der Waals surface area contributed by atoms with E-state index in [2.05, 4.69) is 53.6 Å². The van der Waals surface area contributed by atoms with E-state index < -0.39 is 0 Å². The second kappa shape index (κ2) is 3.33. The molecule has 0 amide bonds. The molecule has 0 fully saturated rings. The van der Waals surface area contributed by atoms with Gasteiger partial charge in [-0.1, -0.05) is 31.2 Å². The highest BCUT2D eigenvalue weighted by molar-refractivity contribution is 5.30. The first kappa shape index (κ1) is 9.06. The van der Waals surface area contributed by atoms with Gasteiger partial charge in [-0.2, -0.15) is 0 Å². The van der Waals surface area contributed by atoms with Gasteiger partial charge in [0.25, 0.3) is 0 Å². The average molecular weight is 187 g/mol. The van der Waals surface area contributed by atoms with Gasteiger partial charge < -0.3 is 0 Å². The third-order valence-electron chi connectivity index (χ3n) is 2.95. The molecule has 0 saturated heterocycles. The van der Waals surface area contributed by atoms with Crippen LogP contribution < -0.4 is 0 Å². The summed E-state index contributed by atoms with van der Waals surface area (Å²) in [6.07, 6.45) is 10.2. The van der Waals surface area contributed by atoms with Crippen LogP contribution >= 0.6 is 0 Å². The van der Waals surface area contributed by atoms with Gasteiger partial charge in [-0.25, -0.2) is 0 Å². The quantitative estimate of drug-likeness (QED) is 0.674. The van der Waals surface area contributed by atoms with E-state index in [-0.39, 0.29) is 5.41 Å². The monoisotopic (exact) mass is 187 g/mol. The molecule has 72 valence electrons. The van der Waals surface area contributed by atoms with E-state index in [4.69, 9.17) is 0 Å². The lowest BCUT2D eigenvalue weighted by atomic mass is 9.73. The molecule has 1 aliphatic carbocycles. The number of allylic oxidation sites excluding steroid dienone is 4. The van der Waals surface area contributed by atoms with Crippen molar-refractivity contribution in [3.05, 3.63) is 42.3 Å². The van der Waals surface area contributed by atoms with Crippen LogP contribution in [0.3, 0.4) is 0 Å². The summed E-state index contributed by atoms with van der Waals surface area (Å²) in [4.78, 5) is 0. The minimum Gasteiger partial charge on any atom is -0.139 e. The molecule has 0 bridgehead atoms. The lowest BCUT2D eigenvalue weighted by Crippen LogP contribution is -2.29. The predicted molar refractivity (Wildman–Crippen MR) is 54.6 cm³/mol. The molecule has 3 heteroatoms. The number of rotatable bonds is 1. The normalized spacial score (nSPS) is 30.6. The molecule has 2 atom stereocenters. The van der Waals surface area contributed by atoms with Crippen molar-refractivity contribution in [2.24, 2.45) is 5.92 Å². The van der Waals surface area contributed by atoms with Crippen LogP contribution in [0.15, 0.2) is 36.6 Å². The van der Waals surface area contributed by atoms with E-state index in [1.165, 1.54) is 0 Å². The Labute approximate surface area is 83.6 Å². The number of hydrogen-bond donors (Lipinski definition) is 0. The van der Waals surface area contributed by atoms with Crippen LogP contribution in [0.1, 0.15) is 19.5 Å². The smallest absolute Gasteiger partial charge is 0.0767 e. The van der Waals surface area contributed by atoms with Crippen LogP contribution in [0.25, 0.3) is 0 Å². The molecule has 3 nitrogen and oxygen atoms in total. The van der Waals surface area contributed by atoms with Gasteiger partial charge in [0.1, 0.15) is 0 Å². The fourth-order valence-corrected chi connectivity index (χ4v) is 1.68. The molecule has 14 heavy (non-hydrogen) atoms. The Morgan fingerprint density at radius 1 is 1.36 bits per heavy atom. The molecule has 0 aromatic carbocycles. The van der Waals surface area contributed by atoms with Gasteiger partial charge in [-0.05, 0) is 24.1 Å². The van der Waals surface area contributed by atoms with Gasteiger partial charge in [-0.15, -0.1) is 10.2 Å². The van der Waals surface area contributed by atoms with Crippen LogP contribution in [0.5, 0.6) is 0 Å². The Hall–Kier alpha value is -1.51. The highest BCUT2D eigenvalue weighted by atomic mass is 15.3. The zero-order chi connectivity index (χ0) is 10.0. The molecular weight excluding hydrogens is 174 g/mol. The molecule has 0 saturated carbocycles. The van der Waals surface area contributed by atoms with E-state index >= 15 is 0 Å². The maximum absolute atomic E-state index is 4.08. The summed E-state index contributed by atoms with van der Waals surface area (Å²) in [6, 6.07) is 1.92. The molecule has 0 N–H and O–H groups in total. The van der Waals surface area contributed by atoms with Crippen molar-refractivity contribution >= 4 is 0 Å². The van der Waals surface area contributed by atoms with E-state index in [0.29, 0.717) is 5.92 Å². The minimum absolute atomic E-state index is 0.0509. The summed E-state index contributed by atoms with van der Waals surface area (Å²) in [5.74, 6) is 0.434. The molecule has 0 spiro atoms. The average Bonchev–Trinajstić information content (AvgIpc) is 2.24. The summed E-state index contributed by atoms with van der Waals surface area (Å²) >= 11 is 0. The van der Waals surface area contributed by atoms with Crippen molar-refractivity contribution in [3.8, 4) is 0 Å². The Morgan fingerprint density at radius 2 is 2.21 bits per heavy atom. The lowest BCUT2D eigenvalue weighted by Gasteiger charge is -2.31. The van der Waals surface area contributed by atoms with Gasteiger partial charge in [0, 0.05) is 5.41 Å². The first-order chi connectivity index (χ1) is 6.73. The first-order valence-electron chi connectivity index (χ1n) is 4.74. The van der Waals surface area contributed by atoms with Crippen LogP contribution in [0, 0.1) is 5.92 Å².